The second-order valence-corrected chi connectivity index (χ2v) is 7.02. The van der Waals surface area contributed by atoms with Crippen LogP contribution in [0.15, 0.2) is 30.3 Å². The molecule has 2 atom stereocenters. The molecule has 0 bridgehead atoms. The zero-order valence-corrected chi connectivity index (χ0v) is 15.7. The molecule has 0 aliphatic carbocycles. The molecule has 27 heavy (non-hydrogen) atoms. The molecule has 0 unspecified atom stereocenters. The quantitative estimate of drug-likeness (QED) is 0.736. The molecule has 2 fully saturated rings. The van der Waals surface area contributed by atoms with Gasteiger partial charge in [0.1, 0.15) is 0 Å². The van der Waals surface area contributed by atoms with Crippen LogP contribution in [0.25, 0.3) is 0 Å². The number of likely N-dealkylation sites (tertiary alicyclic amines) is 2. The molecule has 3 rings (SSSR count). The number of amides is 3. The molecule has 0 radical (unpaired) electrons. The van der Waals surface area contributed by atoms with Gasteiger partial charge < -0.3 is 19.9 Å². The number of hydrogen-bond donors (Lipinski definition) is 1. The monoisotopic (exact) mass is 373 g/mol. The highest BCUT2D eigenvalue weighted by Crippen LogP contribution is 2.38. The van der Waals surface area contributed by atoms with E-state index in [0.717, 1.165) is 18.5 Å². The fraction of sp³-hybridized carbons (Fsp3) is 0.550. The van der Waals surface area contributed by atoms with Gasteiger partial charge >= 0.3 is 0 Å². The Hall–Kier alpha value is -2.41. The Morgan fingerprint density at radius 1 is 1.19 bits per heavy atom. The third kappa shape index (κ3) is 4.47. The highest BCUT2D eigenvalue weighted by atomic mass is 16.5. The van der Waals surface area contributed by atoms with Crippen LogP contribution in [-0.4, -0.2) is 67.4 Å². The van der Waals surface area contributed by atoms with Crippen molar-refractivity contribution >= 4 is 17.7 Å². The first kappa shape index (κ1) is 19.4. The molecule has 0 saturated carbocycles. The van der Waals surface area contributed by atoms with Crippen molar-refractivity contribution in [3.8, 4) is 0 Å². The Kier molecular flexibility index (Phi) is 6.45. The van der Waals surface area contributed by atoms with Crippen molar-refractivity contribution in [3.05, 3.63) is 35.9 Å². The molecule has 1 aromatic rings. The number of ether oxygens (including phenoxy) is 1. The van der Waals surface area contributed by atoms with E-state index in [4.69, 9.17) is 4.74 Å². The third-order valence-corrected chi connectivity index (χ3v) is 5.30. The van der Waals surface area contributed by atoms with Crippen LogP contribution < -0.4 is 5.32 Å². The van der Waals surface area contributed by atoms with Crippen LogP contribution in [0.5, 0.6) is 0 Å². The van der Waals surface area contributed by atoms with Crippen LogP contribution in [0.1, 0.15) is 30.9 Å². The number of nitrogens with zero attached hydrogens (tertiary/aromatic N) is 2. The second-order valence-electron chi connectivity index (χ2n) is 7.02. The SMILES string of the molecule is COCCN1C(=O)C[C@@H](C(=O)NCCN2CCCC2=O)[C@@H]1c1ccccc1. The molecule has 146 valence electrons. The van der Waals surface area contributed by atoms with Crippen LogP contribution in [0, 0.1) is 5.92 Å². The molecule has 2 heterocycles. The first-order chi connectivity index (χ1) is 13.1. The van der Waals surface area contributed by atoms with E-state index < -0.39 is 5.92 Å². The number of rotatable bonds is 8. The van der Waals surface area contributed by atoms with E-state index in [-0.39, 0.29) is 30.2 Å². The van der Waals surface area contributed by atoms with Crippen LogP contribution in [0.2, 0.25) is 0 Å². The van der Waals surface area contributed by atoms with E-state index in [1.807, 2.05) is 30.3 Å². The second kappa shape index (κ2) is 8.99. The Labute approximate surface area is 159 Å². The molecule has 3 amide bonds. The number of benzene rings is 1. The van der Waals surface area contributed by atoms with Crippen molar-refractivity contribution in [3.63, 3.8) is 0 Å². The Balaban J connectivity index is 1.66. The minimum atomic E-state index is -0.439. The topological polar surface area (TPSA) is 79.0 Å². The van der Waals surface area contributed by atoms with Gasteiger partial charge in [-0.05, 0) is 12.0 Å². The van der Waals surface area contributed by atoms with Crippen molar-refractivity contribution in [2.45, 2.75) is 25.3 Å². The normalized spacial score (nSPS) is 22.6. The molecular formula is C20H27N3O4. The van der Waals surface area contributed by atoms with E-state index in [1.54, 1.807) is 16.9 Å². The Morgan fingerprint density at radius 3 is 2.63 bits per heavy atom. The zero-order valence-electron chi connectivity index (χ0n) is 15.7. The van der Waals surface area contributed by atoms with Crippen LogP contribution in [-0.2, 0) is 19.1 Å². The predicted octanol–water partition coefficient (Wildman–Crippen LogP) is 0.961. The molecule has 0 aromatic heterocycles. The maximum Gasteiger partial charge on any atom is 0.226 e. The van der Waals surface area contributed by atoms with E-state index >= 15 is 0 Å². The number of carbonyl (C=O) groups is 3. The van der Waals surface area contributed by atoms with Gasteiger partial charge in [0.05, 0.1) is 18.6 Å². The molecule has 1 aromatic carbocycles. The van der Waals surface area contributed by atoms with Gasteiger partial charge in [0.25, 0.3) is 0 Å². The van der Waals surface area contributed by atoms with Crippen molar-refractivity contribution in [2.24, 2.45) is 5.92 Å². The van der Waals surface area contributed by atoms with Crippen LogP contribution in [0.4, 0.5) is 0 Å². The van der Waals surface area contributed by atoms with Crippen LogP contribution in [0.3, 0.4) is 0 Å². The van der Waals surface area contributed by atoms with Gasteiger partial charge in [0, 0.05) is 46.1 Å². The van der Waals surface area contributed by atoms with Crippen molar-refractivity contribution in [1.29, 1.82) is 0 Å². The zero-order chi connectivity index (χ0) is 19.2. The average Bonchev–Trinajstić information content (AvgIpc) is 3.23. The van der Waals surface area contributed by atoms with Crippen molar-refractivity contribution in [2.75, 3.05) is 39.9 Å². The average molecular weight is 373 g/mol. The molecular weight excluding hydrogens is 346 g/mol. The molecule has 2 aliphatic heterocycles. The maximum atomic E-state index is 12.8. The molecule has 1 N–H and O–H groups in total. The minimum Gasteiger partial charge on any atom is -0.383 e. The summed E-state index contributed by atoms with van der Waals surface area (Å²) in [6.45, 7) is 2.58. The molecule has 2 saturated heterocycles. The van der Waals surface area contributed by atoms with Gasteiger partial charge in [0.2, 0.25) is 17.7 Å². The maximum absolute atomic E-state index is 12.8. The highest BCUT2D eigenvalue weighted by Gasteiger charge is 2.44. The smallest absolute Gasteiger partial charge is 0.226 e. The first-order valence-electron chi connectivity index (χ1n) is 9.50. The highest BCUT2D eigenvalue weighted by molar-refractivity contribution is 5.90. The number of methoxy groups -OCH3 is 1. The summed E-state index contributed by atoms with van der Waals surface area (Å²) in [5.74, 6) is -0.459. The van der Waals surface area contributed by atoms with E-state index in [9.17, 15) is 14.4 Å². The number of carbonyl (C=O) groups excluding carboxylic acids is 3. The molecule has 2 aliphatic rings. The lowest BCUT2D eigenvalue weighted by Crippen LogP contribution is -2.40. The Bertz CT molecular complexity index is 679. The number of hydrogen-bond acceptors (Lipinski definition) is 4. The van der Waals surface area contributed by atoms with E-state index in [1.165, 1.54) is 0 Å². The Morgan fingerprint density at radius 2 is 1.96 bits per heavy atom. The fourth-order valence-corrected chi connectivity index (χ4v) is 3.93. The largest absolute Gasteiger partial charge is 0.383 e. The summed E-state index contributed by atoms with van der Waals surface area (Å²) in [5.41, 5.74) is 0.953. The minimum absolute atomic E-state index is 0.0317. The fourth-order valence-electron chi connectivity index (χ4n) is 3.93. The molecule has 7 heteroatoms. The van der Waals surface area contributed by atoms with Gasteiger partial charge in [-0.2, -0.15) is 0 Å². The van der Waals surface area contributed by atoms with Gasteiger partial charge in [-0.25, -0.2) is 0 Å². The first-order valence-corrected chi connectivity index (χ1v) is 9.50. The van der Waals surface area contributed by atoms with Gasteiger partial charge in [-0.1, -0.05) is 30.3 Å². The summed E-state index contributed by atoms with van der Waals surface area (Å²) < 4.78 is 5.13. The van der Waals surface area contributed by atoms with Crippen molar-refractivity contribution < 1.29 is 19.1 Å². The lowest BCUT2D eigenvalue weighted by atomic mass is 9.93. The summed E-state index contributed by atoms with van der Waals surface area (Å²) in [5, 5.41) is 2.93. The molecule has 0 spiro atoms. The van der Waals surface area contributed by atoms with Gasteiger partial charge in [0.15, 0.2) is 0 Å². The lowest BCUT2D eigenvalue weighted by molar-refractivity contribution is -0.129. The number of nitrogens with one attached hydrogen (secondary N) is 1. The summed E-state index contributed by atoms with van der Waals surface area (Å²) in [7, 11) is 1.60. The summed E-state index contributed by atoms with van der Waals surface area (Å²) in [6.07, 6.45) is 1.67. The van der Waals surface area contributed by atoms with Gasteiger partial charge in [-0.3, -0.25) is 14.4 Å². The summed E-state index contributed by atoms with van der Waals surface area (Å²) in [6, 6.07) is 9.36. The van der Waals surface area contributed by atoms with Crippen molar-refractivity contribution in [1.82, 2.24) is 15.1 Å². The summed E-state index contributed by atoms with van der Waals surface area (Å²) >= 11 is 0. The van der Waals surface area contributed by atoms with Crippen LogP contribution >= 0.6 is 0 Å². The predicted molar refractivity (Wildman–Crippen MR) is 99.7 cm³/mol. The standard InChI is InChI=1S/C20H27N3O4/c1-27-13-12-23-18(25)14-16(19(23)15-6-3-2-4-7-15)20(26)21-9-11-22-10-5-8-17(22)24/h2-4,6-7,16,19H,5,8-14H2,1H3,(H,21,26)/t16-,19+/m1/s1. The molecule has 7 nitrogen and oxygen atoms in total. The van der Waals surface area contributed by atoms with E-state index in [0.29, 0.717) is 32.7 Å². The summed E-state index contributed by atoms with van der Waals surface area (Å²) in [4.78, 5) is 40.6. The van der Waals surface area contributed by atoms with Gasteiger partial charge in [-0.15, -0.1) is 0 Å². The lowest BCUT2D eigenvalue weighted by Gasteiger charge is -2.28. The third-order valence-electron chi connectivity index (χ3n) is 5.30. The van der Waals surface area contributed by atoms with E-state index in [2.05, 4.69) is 5.32 Å².